The predicted octanol–water partition coefficient (Wildman–Crippen LogP) is 2.17. The third-order valence-electron chi connectivity index (χ3n) is 2.47. The average Bonchev–Trinajstić information content (AvgIpc) is 2.34. The zero-order chi connectivity index (χ0) is 13.1. The zero-order valence-electron chi connectivity index (χ0n) is 9.51. The summed E-state index contributed by atoms with van der Waals surface area (Å²) in [7, 11) is 0. The van der Waals surface area contributed by atoms with Crippen LogP contribution in [-0.2, 0) is 0 Å². The number of phenols is 1. The number of benzene rings is 2. The standard InChI is InChI=1S/C13H12N4O/c14-7-8-1-3-10(18)6-12(8)17-13-5-9(15)2-4-11(13)16/h1-6,17-18H,15-16H2. The number of nitrogens with one attached hydrogen (secondary N) is 1. The van der Waals surface area contributed by atoms with E-state index in [9.17, 15) is 5.11 Å². The molecule has 0 heterocycles. The fraction of sp³-hybridized carbons (Fsp3) is 0. The third-order valence-corrected chi connectivity index (χ3v) is 2.47. The summed E-state index contributed by atoms with van der Waals surface area (Å²) in [6, 6.07) is 11.5. The lowest BCUT2D eigenvalue weighted by molar-refractivity contribution is 0.475. The quantitative estimate of drug-likeness (QED) is 0.601. The van der Waals surface area contributed by atoms with Gasteiger partial charge in [0.15, 0.2) is 0 Å². The number of hydrogen-bond acceptors (Lipinski definition) is 5. The van der Waals surface area contributed by atoms with Gasteiger partial charge in [0.05, 0.1) is 22.6 Å². The van der Waals surface area contributed by atoms with Gasteiger partial charge in [0.1, 0.15) is 11.8 Å². The van der Waals surface area contributed by atoms with Gasteiger partial charge in [0, 0.05) is 11.8 Å². The Morgan fingerprint density at radius 1 is 1.06 bits per heavy atom. The van der Waals surface area contributed by atoms with E-state index < -0.39 is 0 Å². The first-order valence-corrected chi connectivity index (χ1v) is 5.25. The molecule has 5 nitrogen and oxygen atoms in total. The second kappa shape index (κ2) is 4.55. The van der Waals surface area contributed by atoms with Crippen molar-refractivity contribution in [2.75, 3.05) is 16.8 Å². The van der Waals surface area contributed by atoms with Crippen LogP contribution in [0, 0.1) is 11.3 Å². The number of rotatable bonds is 2. The molecule has 0 aliphatic rings. The fourth-order valence-corrected chi connectivity index (χ4v) is 1.56. The van der Waals surface area contributed by atoms with Crippen LogP contribution in [-0.4, -0.2) is 5.11 Å². The van der Waals surface area contributed by atoms with Crippen LogP contribution in [0.15, 0.2) is 36.4 Å². The van der Waals surface area contributed by atoms with Crippen molar-refractivity contribution in [3.8, 4) is 11.8 Å². The van der Waals surface area contributed by atoms with Gasteiger partial charge in [-0.2, -0.15) is 5.26 Å². The molecule has 2 aromatic rings. The summed E-state index contributed by atoms with van der Waals surface area (Å²) in [5, 5.41) is 21.4. The van der Waals surface area contributed by atoms with E-state index in [0.29, 0.717) is 28.3 Å². The highest BCUT2D eigenvalue weighted by atomic mass is 16.3. The SMILES string of the molecule is N#Cc1ccc(O)cc1Nc1cc(N)ccc1N. The molecule has 2 rings (SSSR count). The first kappa shape index (κ1) is 11.6. The number of phenolic OH excluding ortho intramolecular Hbond substituents is 1. The van der Waals surface area contributed by atoms with Crippen LogP contribution < -0.4 is 16.8 Å². The highest BCUT2D eigenvalue weighted by Crippen LogP contribution is 2.29. The van der Waals surface area contributed by atoms with Crippen molar-refractivity contribution in [1.82, 2.24) is 0 Å². The van der Waals surface area contributed by atoms with Crippen molar-refractivity contribution in [2.24, 2.45) is 0 Å². The summed E-state index contributed by atoms with van der Waals surface area (Å²) >= 11 is 0. The monoisotopic (exact) mass is 240 g/mol. The van der Waals surface area contributed by atoms with Crippen molar-refractivity contribution in [3.05, 3.63) is 42.0 Å². The summed E-state index contributed by atoms with van der Waals surface area (Å²) < 4.78 is 0. The summed E-state index contributed by atoms with van der Waals surface area (Å²) in [6.07, 6.45) is 0. The van der Waals surface area contributed by atoms with Crippen LogP contribution in [0.5, 0.6) is 5.75 Å². The molecule has 5 heteroatoms. The number of nitrogens with two attached hydrogens (primary N) is 2. The second-order valence-electron chi connectivity index (χ2n) is 3.81. The Balaban J connectivity index is 2.43. The van der Waals surface area contributed by atoms with E-state index in [1.807, 2.05) is 6.07 Å². The lowest BCUT2D eigenvalue weighted by Crippen LogP contribution is -1.99. The lowest BCUT2D eigenvalue weighted by Gasteiger charge is -2.11. The highest BCUT2D eigenvalue weighted by Gasteiger charge is 2.06. The molecule has 0 amide bonds. The Labute approximate surface area is 104 Å². The van der Waals surface area contributed by atoms with Crippen LogP contribution in [0.1, 0.15) is 5.56 Å². The Bertz CT molecular complexity index is 631. The topological polar surface area (TPSA) is 108 Å². The Morgan fingerprint density at radius 3 is 2.56 bits per heavy atom. The summed E-state index contributed by atoms with van der Waals surface area (Å²) in [4.78, 5) is 0. The fourth-order valence-electron chi connectivity index (χ4n) is 1.56. The van der Waals surface area contributed by atoms with Gasteiger partial charge in [-0.3, -0.25) is 0 Å². The van der Waals surface area contributed by atoms with E-state index in [1.165, 1.54) is 18.2 Å². The smallest absolute Gasteiger partial charge is 0.117 e. The Hall–Kier alpha value is -2.87. The predicted molar refractivity (Wildman–Crippen MR) is 71.4 cm³/mol. The molecule has 0 aliphatic heterocycles. The summed E-state index contributed by atoms with van der Waals surface area (Å²) in [6.45, 7) is 0. The van der Waals surface area contributed by atoms with E-state index in [1.54, 1.807) is 18.2 Å². The van der Waals surface area contributed by atoms with Crippen LogP contribution in [0.25, 0.3) is 0 Å². The number of aromatic hydroxyl groups is 1. The normalized spacial score (nSPS) is 9.72. The van der Waals surface area contributed by atoms with Crippen molar-refractivity contribution in [2.45, 2.75) is 0 Å². The van der Waals surface area contributed by atoms with Crippen molar-refractivity contribution in [3.63, 3.8) is 0 Å². The molecule has 0 saturated heterocycles. The van der Waals surface area contributed by atoms with Gasteiger partial charge in [-0.15, -0.1) is 0 Å². The van der Waals surface area contributed by atoms with Crippen molar-refractivity contribution in [1.29, 1.82) is 5.26 Å². The molecular formula is C13H12N4O. The van der Waals surface area contributed by atoms with Gasteiger partial charge < -0.3 is 21.9 Å². The molecule has 0 fully saturated rings. The van der Waals surface area contributed by atoms with Crippen LogP contribution >= 0.6 is 0 Å². The van der Waals surface area contributed by atoms with Crippen LogP contribution in [0.4, 0.5) is 22.7 Å². The molecule has 0 spiro atoms. The van der Waals surface area contributed by atoms with Gasteiger partial charge in [0.2, 0.25) is 0 Å². The molecule has 0 bridgehead atoms. The molecule has 2 aromatic carbocycles. The zero-order valence-corrected chi connectivity index (χ0v) is 9.51. The van der Waals surface area contributed by atoms with Gasteiger partial charge in [-0.1, -0.05) is 0 Å². The number of nitrogen functional groups attached to an aromatic ring is 2. The molecule has 0 radical (unpaired) electrons. The molecule has 6 N–H and O–H groups in total. The maximum atomic E-state index is 9.43. The number of nitriles is 1. The van der Waals surface area contributed by atoms with E-state index >= 15 is 0 Å². The first-order chi connectivity index (χ1) is 8.60. The second-order valence-corrected chi connectivity index (χ2v) is 3.81. The van der Waals surface area contributed by atoms with Gasteiger partial charge in [-0.25, -0.2) is 0 Å². The largest absolute Gasteiger partial charge is 0.508 e. The maximum Gasteiger partial charge on any atom is 0.117 e. The van der Waals surface area contributed by atoms with E-state index in [-0.39, 0.29) is 5.75 Å². The lowest BCUT2D eigenvalue weighted by atomic mass is 10.1. The molecule has 0 aromatic heterocycles. The van der Waals surface area contributed by atoms with Gasteiger partial charge >= 0.3 is 0 Å². The molecular weight excluding hydrogens is 228 g/mol. The van der Waals surface area contributed by atoms with E-state index in [2.05, 4.69) is 5.32 Å². The van der Waals surface area contributed by atoms with Crippen molar-refractivity contribution < 1.29 is 5.11 Å². The molecule has 0 atom stereocenters. The first-order valence-electron chi connectivity index (χ1n) is 5.25. The Morgan fingerprint density at radius 2 is 1.83 bits per heavy atom. The number of hydrogen-bond donors (Lipinski definition) is 4. The van der Waals surface area contributed by atoms with Crippen LogP contribution in [0.2, 0.25) is 0 Å². The van der Waals surface area contributed by atoms with Gasteiger partial charge in [-0.05, 0) is 30.3 Å². The van der Waals surface area contributed by atoms with Crippen molar-refractivity contribution >= 4 is 22.7 Å². The Kier molecular flexibility index (Phi) is 2.94. The third kappa shape index (κ3) is 2.28. The van der Waals surface area contributed by atoms with E-state index in [0.717, 1.165) is 0 Å². The molecule has 0 unspecified atom stereocenters. The molecule has 90 valence electrons. The summed E-state index contributed by atoms with van der Waals surface area (Å²) in [5.41, 5.74) is 14.0. The minimum absolute atomic E-state index is 0.0685. The molecule has 0 aliphatic carbocycles. The van der Waals surface area contributed by atoms with Gasteiger partial charge in [0.25, 0.3) is 0 Å². The highest BCUT2D eigenvalue weighted by molar-refractivity contribution is 5.78. The maximum absolute atomic E-state index is 9.43. The van der Waals surface area contributed by atoms with E-state index in [4.69, 9.17) is 16.7 Å². The average molecular weight is 240 g/mol. The molecule has 0 saturated carbocycles. The van der Waals surface area contributed by atoms with Crippen LogP contribution in [0.3, 0.4) is 0 Å². The number of anilines is 4. The summed E-state index contributed by atoms with van der Waals surface area (Å²) in [5.74, 6) is 0.0685. The molecule has 18 heavy (non-hydrogen) atoms. The minimum atomic E-state index is 0.0685. The minimum Gasteiger partial charge on any atom is -0.508 e. The number of nitrogens with zero attached hydrogens (tertiary/aromatic N) is 1.